The average Bonchev–Trinajstić information content (AvgIpc) is 2.66. The summed E-state index contributed by atoms with van der Waals surface area (Å²) < 4.78 is 51.8. The van der Waals surface area contributed by atoms with Crippen molar-refractivity contribution in [3.8, 4) is 11.5 Å². The zero-order valence-corrected chi connectivity index (χ0v) is 16.3. The Morgan fingerprint density at radius 3 is 2.50 bits per heavy atom. The Labute approximate surface area is 162 Å². The second-order valence-corrected chi connectivity index (χ2v) is 6.83. The summed E-state index contributed by atoms with van der Waals surface area (Å²) >= 11 is 0. The summed E-state index contributed by atoms with van der Waals surface area (Å²) in [6, 6.07) is 5.20. The Balaban J connectivity index is 1.90. The first-order valence-electron chi connectivity index (χ1n) is 9.14. The van der Waals surface area contributed by atoms with E-state index in [4.69, 9.17) is 9.47 Å². The Hall–Kier alpha value is -2.00. The van der Waals surface area contributed by atoms with E-state index in [1.807, 2.05) is 6.92 Å². The minimum absolute atomic E-state index is 0.0114. The molecule has 28 heavy (non-hydrogen) atoms. The molecule has 0 unspecified atom stereocenters. The van der Waals surface area contributed by atoms with Crippen molar-refractivity contribution in [2.75, 3.05) is 40.5 Å². The SMILES string of the molecule is COC(=O)CN1CCC(N[C@@H](C)c2ccc(OCC(F)(F)F)c(OC)c2)CC1. The first-order chi connectivity index (χ1) is 13.2. The van der Waals surface area contributed by atoms with Gasteiger partial charge in [0.15, 0.2) is 18.1 Å². The minimum Gasteiger partial charge on any atom is -0.493 e. The van der Waals surface area contributed by atoms with Gasteiger partial charge in [0.2, 0.25) is 0 Å². The summed E-state index contributed by atoms with van der Waals surface area (Å²) in [7, 11) is 2.78. The van der Waals surface area contributed by atoms with Crippen molar-refractivity contribution in [2.24, 2.45) is 0 Å². The second kappa shape index (κ2) is 9.97. The van der Waals surface area contributed by atoms with Gasteiger partial charge in [-0.1, -0.05) is 6.07 Å². The Morgan fingerprint density at radius 2 is 1.93 bits per heavy atom. The molecule has 1 atom stereocenters. The van der Waals surface area contributed by atoms with Crippen LogP contribution < -0.4 is 14.8 Å². The highest BCUT2D eigenvalue weighted by Gasteiger charge is 2.29. The van der Waals surface area contributed by atoms with E-state index in [0.717, 1.165) is 31.5 Å². The highest BCUT2D eigenvalue weighted by Crippen LogP contribution is 2.32. The summed E-state index contributed by atoms with van der Waals surface area (Å²) in [6.45, 7) is 2.53. The van der Waals surface area contributed by atoms with Gasteiger partial charge in [0, 0.05) is 25.2 Å². The summed E-state index contributed by atoms with van der Waals surface area (Å²) in [4.78, 5) is 13.4. The van der Waals surface area contributed by atoms with Crippen molar-refractivity contribution >= 4 is 5.97 Å². The van der Waals surface area contributed by atoms with Crippen LogP contribution in [0.1, 0.15) is 31.4 Å². The first-order valence-corrected chi connectivity index (χ1v) is 9.14. The molecule has 1 aromatic rings. The highest BCUT2D eigenvalue weighted by molar-refractivity contribution is 5.71. The predicted octanol–water partition coefficient (Wildman–Crippen LogP) is 2.92. The molecule has 0 aliphatic carbocycles. The molecule has 9 heteroatoms. The summed E-state index contributed by atoms with van der Waals surface area (Å²) in [5.41, 5.74) is 0.896. The van der Waals surface area contributed by atoms with E-state index in [2.05, 4.69) is 15.0 Å². The predicted molar refractivity (Wildman–Crippen MR) is 97.6 cm³/mol. The monoisotopic (exact) mass is 404 g/mol. The van der Waals surface area contributed by atoms with Gasteiger partial charge in [0.1, 0.15) is 0 Å². The van der Waals surface area contributed by atoms with Gasteiger partial charge in [-0.15, -0.1) is 0 Å². The van der Waals surface area contributed by atoms with Crippen molar-refractivity contribution in [3.63, 3.8) is 0 Å². The Bertz CT molecular complexity index is 647. The van der Waals surface area contributed by atoms with Gasteiger partial charge in [-0.3, -0.25) is 9.69 Å². The number of likely N-dealkylation sites (tertiary alicyclic amines) is 1. The summed E-state index contributed by atoms with van der Waals surface area (Å²) in [6.07, 6.45) is -2.61. The molecule has 0 amide bonds. The van der Waals surface area contributed by atoms with Crippen molar-refractivity contribution < 1.29 is 32.2 Å². The second-order valence-electron chi connectivity index (χ2n) is 6.83. The van der Waals surface area contributed by atoms with E-state index in [1.165, 1.54) is 20.3 Å². The number of rotatable bonds is 8. The fourth-order valence-corrected chi connectivity index (χ4v) is 3.19. The maximum absolute atomic E-state index is 12.4. The lowest BCUT2D eigenvalue weighted by atomic mass is 10.0. The number of nitrogens with one attached hydrogen (secondary N) is 1. The number of carbonyl (C=O) groups excluding carboxylic acids is 1. The van der Waals surface area contributed by atoms with Crippen LogP contribution in [-0.2, 0) is 9.53 Å². The van der Waals surface area contributed by atoms with Gasteiger partial charge in [-0.2, -0.15) is 13.2 Å². The number of piperidine rings is 1. The molecule has 1 N–H and O–H groups in total. The number of halogens is 3. The van der Waals surface area contributed by atoms with Crippen molar-refractivity contribution in [1.29, 1.82) is 0 Å². The normalized spacial score (nSPS) is 17.2. The fourth-order valence-electron chi connectivity index (χ4n) is 3.19. The molecule has 2 rings (SSSR count). The van der Waals surface area contributed by atoms with Crippen molar-refractivity contribution in [2.45, 2.75) is 38.0 Å². The van der Waals surface area contributed by atoms with Crippen molar-refractivity contribution in [1.82, 2.24) is 10.2 Å². The smallest absolute Gasteiger partial charge is 0.422 e. The van der Waals surface area contributed by atoms with Gasteiger partial charge >= 0.3 is 12.1 Å². The molecule has 0 bridgehead atoms. The van der Waals surface area contributed by atoms with Crippen LogP contribution in [-0.4, -0.2) is 63.5 Å². The van der Waals surface area contributed by atoms with E-state index in [9.17, 15) is 18.0 Å². The maximum Gasteiger partial charge on any atom is 0.422 e. The van der Waals surface area contributed by atoms with E-state index in [-0.39, 0.29) is 29.6 Å². The number of hydrogen-bond donors (Lipinski definition) is 1. The molecule has 0 aromatic heterocycles. The molecule has 0 saturated carbocycles. The summed E-state index contributed by atoms with van der Waals surface area (Å²) in [5, 5.41) is 3.53. The molecule has 1 aliphatic rings. The third kappa shape index (κ3) is 6.87. The van der Waals surface area contributed by atoms with Crippen LogP contribution in [0, 0.1) is 0 Å². The van der Waals surface area contributed by atoms with Gasteiger partial charge < -0.3 is 19.5 Å². The molecule has 1 saturated heterocycles. The van der Waals surface area contributed by atoms with E-state index in [1.54, 1.807) is 12.1 Å². The quantitative estimate of drug-likeness (QED) is 0.673. The van der Waals surface area contributed by atoms with E-state index >= 15 is 0 Å². The minimum atomic E-state index is -4.40. The van der Waals surface area contributed by atoms with Gasteiger partial charge in [-0.25, -0.2) is 0 Å². The number of nitrogens with zero attached hydrogens (tertiary/aromatic N) is 1. The molecular formula is C19H27F3N2O4. The van der Waals surface area contributed by atoms with Gasteiger partial charge in [0.05, 0.1) is 20.8 Å². The molecular weight excluding hydrogens is 377 g/mol. The zero-order valence-electron chi connectivity index (χ0n) is 16.3. The molecule has 0 radical (unpaired) electrons. The summed E-state index contributed by atoms with van der Waals surface area (Å²) in [5.74, 6) is 0.0925. The standard InChI is InChI=1S/C19H27F3N2O4/c1-13(23-15-6-8-24(9-7-15)11-18(25)27-3)14-4-5-16(17(10-14)26-2)28-12-19(20,21)22/h4-5,10,13,15,23H,6-9,11-12H2,1-3H3/t13-/m0/s1. The van der Waals surface area contributed by atoms with Crippen molar-refractivity contribution in [3.05, 3.63) is 23.8 Å². The molecule has 158 valence electrons. The Kier molecular flexibility index (Phi) is 7.94. The van der Waals surface area contributed by atoms with Crippen LogP contribution in [0.25, 0.3) is 0 Å². The number of methoxy groups -OCH3 is 2. The molecule has 0 spiro atoms. The topological polar surface area (TPSA) is 60.0 Å². The fraction of sp³-hybridized carbons (Fsp3) is 0.632. The van der Waals surface area contributed by atoms with E-state index in [0.29, 0.717) is 6.54 Å². The number of ether oxygens (including phenoxy) is 3. The lowest BCUT2D eigenvalue weighted by Crippen LogP contribution is -2.44. The van der Waals surface area contributed by atoms with Gasteiger partial charge in [0.25, 0.3) is 0 Å². The lowest BCUT2D eigenvalue weighted by Gasteiger charge is -2.33. The third-order valence-corrected chi connectivity index (χ3v) is 4.73. The maximum atomic E-state index is 12.4. The highest BCUT2D eigenvalue weighted by atomic mass is 19.4. The molecule has 6 nitrogen and oxygen atoms in total. The molecule has 1 fully saturated rings. The molecule has 1 heterocycles. The van der Waals surface area contributed by atoms with Crippen LogP contribution >= 0.6 is 0 Å². The van der Waals surface area contributed by atoms with Crippen LogP contribution in [0.4, 0.5) is 13.2 Å². The molecule has 1 aromatic carbocycles. The first kappa shape index (κ1) is 22.3. The number of carbonyl (C=O) groups is 1. The van der Waals surface area contributed by atoms with Crippen LogP contribution in [0.15, 0.2) is 18.2 Å². The van der Waals surface area contributed by atoms with Crippen LogP contribution in [0.3, 0.4) is 0 Å². The Morgan fingerprint density at radius 1 is 1.25 bits per heavy atom. The number of hydrogen-bond acceptors (Lipinski definition) is 6. The molecule has 1 aliphatic heterocycles. The third-order valence-electron chi connectivity index (χ3n) is 4.73. The van der Waals surface area contributed by atoms with E-state index < -0.39 is 12.8 Å². The average molecular weight is 404 g/mol. The largest absolute Gasteiger partial charge is 0.493 e. The lowest BCUT2D eigenvalue weighted by molar-refractivity contribution is -0.153. The zero-order chi connectivity index (χ0) is 20.7. The van der Waals surface area contributed by atoms with Gasteiger partial charge in [-0.05, 0) is 37.5 Å². The number of benzene rings is 1. The van der Waals surface area contributed by atoms with Crippen LogP contribution in [0.5, 0.6) is 11.5 Å². The van der Waals surface area contributed by atoms with Crippen LogP contribution in [0.2, 0.25) is 0 Å². The number of esters is 1. The number of alkyl halides is 3.